The molecule has 1 amide bonds. The van der Waals surface area contributed by atoms with E-state index in [4.69, 9.17) is 11.6 Å². The van der Waals surface area contributed by atoms with Crippen molar-refractivity contribution >= 4 is 40.1 Å². The second-order valence-electron chi connectivity index (χ2n) is 6.59. The molecule has 150 valence electrons. The molecule has 4 rings (SSSR count). The van der Waals surface area contributed by atoms with Gasteiger partial charge in [0.2, 0.25) is 0 Å². The van der Waals surface area contributed by atoms with E-state index in [0.29, 0.717) is 54.1 Å². The van der Waals surface area contributed by atoms with Crippen molar-refractivity contribution in [1.82, 2.24) is 19.8 Å². The van der Waals surface area contributed by atoms with Gasteiger partial charge in [-0.15, -0.1) is 0 Å². The quantitative estimate of drug-likeness (QED) is 0.817. The summed E-state index contributed by atoms with van der Waals surface area (Å²) in [6.45, 7) is 7.29. The molecule has 1 fully saturated rings. The molecule has 1 N–H and O–H groups in total. The Morgan fingerprint density at radius 2 is 2.04 bits per heavy atom. The summed E-state index contributed by atoms with van der Waals surface area (Å²) < 4.78 is 15.2. The van der Waals surface area contributed by atoms with Crippen LogP contribution in [0, 0.1) is 0 Å². The topological polar surface area (TPSA) is 62.5 Å². The number of aliphatic imine (C=N–C) groups is 1. The number of nitrogens with zero attached hydrogens (tertiary/aromatic N) is 4. The zero-order chi connectivity index (χ0) is 20.3. The van der Waals surface area contributed by atoms with Gasteiger partial charge in [0.05, 0.1) is 28.7 Å². The van der Waals surface area contributed by atoms with E-state index in [9.17, 15) is 9.18 Å². The molecule has 2 aromatic rings. The van der Waals surface area contributed by atoms with E-state index >= 15 is 0 Å². The Bertz CT molecular complexity index is 928. The number of rotatable bonds is 2. The number of carbonyl (C=O) groups is 1. The number of halogens is 2. The van der Waals surface area contributed by atoms with Crippen molar-refractivity contribution in [2.45, 2.75) is 39.8 Å². The van der Waals surface area contributed by atoms with Crippen molar-refractivity contribution in [2.75, 3.05) is 19.6 Å². The Balaban J connectivity index is 0.00000109. The van der Waals surface area contributed by atoms with Crippen LogP contribution in [0.5, 0.6) is 0 Å². The fourth-order valence-corrected chi connectivity index (χ4v) is 3.50. The van der Waals surface area contributed by atoms with Crippen molar-refractivity contribution in [3.63, 3.8) is 0 Å². The van der Waals surface area contributed by atoms with E-state index in [2.05, 4.69) is 15.3 Å². The maximum Gasteiger partial charge on any atom is 0.255 e. The van der Waals surface area contributed by atoms with Crippen LogP contribution in [0.3, 0.4) is 0 Å². The number of likely N-dealkylation sites (tertiary alicyclic amines) is 1. The predicted molar refractivity (Wildman–Crippen MR) is 112 cm³/mol. The van der Waals surface area contributed by atoms with E-state index in [0.717, 1.165) is 11.5 Å². The smallest absolute Gasteiger partial charge is 0.255 e. The van der Waals surface area contributed by atoms with Crippen molar-refractivity contribution in [1.29, 1.82) is 0 Å². The van der Waals surface area contributed by atoms with Crippen LogP contribution < -0.4 is 5.32 Å². The first-order valence-electron chi connectivity index (χ1n) is 9.60. The molecule has 0 unspecified atom stereocenters. The molecule has 2 aliphatic rings. The third-order valence-electron chi connectivity index (χ3n) is 4.79. The number of amidine groups is 1. The molecule has 28 heavy (non-hydrogen) atoms. The lowest BCUT2D eigenvalue weighted by atomic mass is 10.1. The number of fused-ring (bicyclic) bond motifs is 1. The summed E-state index contributed by atoms with van der Waals surface area (Å²) in [7, 11) is 0. The average molecular weight is 406 g/mol. The molecule has 0 atom stereocenters. The summed E-state index contributed by atoms with van der Waals surface area (Å²) in [5.41, 5.74) is 2.07. The molecule has 4 heterocycles. The number of carbonyl (C=O) groups excluding carboxylic acids is 1. The van der Waals surface area contributed by atoms with Crippen LogP contribution >= 0.6 is 11.6 Å². The number of pyridine rings is 1. The third-order valence-corrected chi connectivity index (χ3v) is 5.09. The van der Waals surface area contributed by atoms with Crippen molar-refractivity contribution in [2.24, 2.45) is 4.99 Å². The summed E-state index contributed by atoms with van der Waals surface area (Å²) in [4.78, 5) is 23.2. The molecule has 2 aromatic heterocycles. The van der Waals surface area contributed by atoms with Gasteiger partial charge in [-0.05, 0) is 25.8 Å². The fourth-order valence-electron chi connectivity index (χ4n) is 3.26. The number of hydrogen-bond acceptors (Lipinski definition) is 4. The molecule has 0 aliphatic carbocycles. The zero-order valence-corrected chi connectivity index (χ0v) is 17.1. The molecular formula is C20H25ClFN5O. The van der Waals surface area contributed by atoms with Gasteiger partial charge in [0, 0.05) is 37.1 Å². The Hall–Kier alpha value is -2.41. The highest BCUT2D eigenvalue weighted by Crippen LogP contribution is 2.28. The maximum absolute atomic E-state index is 13.3. The van der Waals surface area contributed by atoms with Gasteiger partial charge in [-0.25, -0.2) is 9.37 Å². The van der Waals surface area contributed by atoms with Gasteiger partial charge in [-0.1, -0.05) is 25.4 Å². The number of alkyl halides is 1. The zero-order valence-electron chi connectivity index (χ0n) is 16.4. The van der Waals surface area contributed by atoms with E-state index in [1.54, 1.807) is 23.4 Å². The summed E-state index contributed by atoms with van der Waals surface area (Å²) in [5.74, 6) is 0.725. The molecule has 0 aromatic carbocycles. The van der Waals surface area contributed by atoms with Gasteiger partial charge in [-0.3, -0.25) is 9.79 Å². The normalized spacial score (nSPS) is 17.4. The molecule has 0 bridgehead atoms. The monoisotopic (exact) mass is 405 g/mol. The standard InChI is InChI=1S/C18H19ClFN5O.C2H6/c1-11-21-8-14(9-22-11)25-10-16(19)15-6-12(7-23-17(15)25)18(26)24-4-2-13(20)3-5-24;1-2/h6-8,10,13H,2-5,9H2,1H3,(H,21,22);1-2H3. The number of piperidine rings is 1. The fraction of sp³-hybridized carbons (Fsp3) is 0.450. The van der Waals surface area contributed by atoms with Crippen LogP contribution in [-0.2, 0) is 0 Å². The van der Waals surface area contributed by atoms with Crippen LogP contribution in [-0.4, -0.2) is 52.0 Å². The van der Waals surface area contributed by atoms with Gasteiger partial charge >= 0.3 is 0 Å². The molecular weight excluding hydrogens is 381 g/mol. The van der Waals surface area contributed by atoms with Crippen LogP contribution in [0.15, 0.2) is 29.7 Å². The lowest BCUT2D eigenvalue weighted by Crippen LogP contribution is -2.39. The minimum absolute atomic E-state index is 0.131. The van der Waals surface area contributed by atoms with E-state index in [-0.39, 0.29) is 5.91 Å². The second-order valence-corrected chi connectivity index (χ2v) is 7.00. The second kappa shape index (κ2) is 8.73. The molecule has 0 radical (unpaired) electrons. The van der Waals surface area contributed by atoms with Crippen LogP contribution in [0.2, 0.25) is 5.02 Å². The molecule has 6 nitrogen and oxygen atoms in total. The van der Waals surface area contributed by atoms with E-state index in [1.807, 2.05) is 31.5 Å². The largest absolute Gasteiger partial charge is 0.349 e. The van der Waals surface area contributed by atoms with E-state index in [1.165, 1.54) is 0 Å². The lowest BCUT2D eigenvalue weighted by molar-refractivity contribution is 0.0667. The number of hydrogen-bond donors (Lipinski definition) is 1. The van der Waals surface area contributed by atoms with Gasteiger partial charge < -0.3 is 14.8 Å². The number of nitrogens with one attached hydrogen (secondary N) is 1. The SMILES string of the molecule is CC.CC1=NCC(n2cc(Cl)c3cc(C(=O)N4CCC(F)CC4)cnc32)=CN1. The average Bonchev–Trinajstić information content (AvgIpc) is 3.06. The predicted octanol–water partition coefficient (Wildman–Crippen LogP) is 4.11. The highest BCUT2D eigenvalue weighted by atomic mass is 35.5. The first-order chi connectivity index (χ1) is 13.5. The minimum Gasteiger partial charge on any atom is -0.349 e. The molecule has 2 aliphatic heterocycles. The molecule has 0 spiro atoms. The van der Waals surface area contributed by atoms with Gasteiger partial charge in [0.1, 0.15) is 11.8 Å². The van der Waals surface area contributed by atoms with Crippen molar-refractivity contribution in [3.05, 3.63) is 35.2 Å². The maximum atomic E-state index is 13.3. The molecule has 1 saturated heterocycles. The van der Waals surface area contributed by atoms with Crippen LogP contribution in [0.1, 0.15) is 44.0 Å². The van der Waals surface area contributed by atoms with Crippen LogP contribution in [0.4, 0.5) is 4.39 Å². The third kappa shape index (κ3) is 4.04. The Morgan fingerprint density at radius 1 is 1.32 bits per heavy atom. The van der Waals surface area contributed by atoms with Crippen molar-refractivity contribution < 1.29 is 9.18 Å². The first kappa shape index (κ1) is 20.3. The first-order valence-corrected chi connectivity index (χ1v) is 9.97. The Morgan fingerprint density at radius 3 is 2.68 bits per heavy atom. The minimum atomic E-state index is -0.813. The number of aromatic nitrogens is 2. The molecule has 0 saturated carbocycles. The van der Waals surface area contributed by atoms with Gasteiger partial charge in [0.25, 0.3) is 5.91 Å². The number of amides is 1. The summed E-state index contributed by atoms with van der Waals surface area (Å²) in [5, 5.41) is 4.32. The van der Waals surface area contributed by atoms with Crippen molar-refractivity contribution in [3.8, 4) is 0 Å². The highest BCUT2D eigenvalue weighted by Gasteiger charge is 2.24. The summed E-state index contributed by atoms with van der Waals surface area (Å²) in [6, 6.07) is 1.76. The highest BCUT2D eigenvalue weighted by molar-refractivity contribution is 6.35. The van der Waals surface area contributed by atoms with Crippen LogP contribution in [0.25, 0.3) is 16.7 Å². The summed E-state index contributed by atoms with van der Waals surface area (Å²) >= 11 is 6.39. The summed E-state index contributed by atoms with van der Waals surface area (Å²) in [6.07, 6.45) is 5.18. The lowest BCUT2D eigenvalue weighted by Gasteiger charge is -2.28. The van der Waals surface area contributed by atoms with E-state index < -0.39 is 6.17 Å². The Labute approximate surface area is 169 Å². The van der Waals surface area contributed by atoms with Gasteiger partial charge in [-0.2, -0.15) is 0 Å². The molecule has 8 heteroatoms. The van der Waals surface area contributed by atoms with Gasteiger partial charge in [0.15, 0.2) is 0 Å². The Kier molecular flexibility index (Phi) is 6.34.